The van der Waals surface area contributed by atoms with Crippen LogP contribution in [0.3, 0.4) is 0 Å². The van der Waals surface area contributed by atoms with Crippen molar-refractivity contribution in [2.45, 2.75) is 13.1 Å². The van der Waals surface area contributed by atoms with Gasteiger partial charge in [0.2, 0.25) is 5.76 Å². The van der Waals surface area contributed by atoms with Crippen LogP contribution in [0.4, 0.5) is 13.2 Å². The van der Waals surface area contributed by atoms with E-state index in [4.69, 9.17) is 0 Å². The summed E-state index contributed by atoms with van der Waals surface area (Å²) >= 11 is 0. The van der Waals surface area contributed by atoms with E-state index < -0.39 is 23.3 Å². The Labute approximate surface area is 207 Å². The van der Waals surface area contributed by atoms with E-state index in [2.05, 4.69) is 0 Å². The number of rotatable bonds is 4. The van der Waals surface area contributed by atoms with E-state index in [9.17, 15) is 23.1 Å². The van der Waals surface area contributed by atoms with Gasteiger partial charge in [-0.1, -0.05) is 78.9 Å². The number of carbonyl (C=O) groups is 1. The average molecular weight is 534 g/mol. The van der Waals surface area contributed by atoms with Crippen LogP contribution in [0, 0.1) is 49.4 Å². The van der Waals surface area contributed by atoms with E-state index in [0.29, 0.717) is 0 Å². The third-order valence-corrected chi connectivity index (χ3v) is 4.44. The molecule has 0 saturated carbocycles. The van der Waals surface area contributed by atoms with Crippen molar-refractivity contribution in [3.05, 3.63) is 95.8 Å². The fraction of sp³-hybridized carbons (Fsp3) is 0.0870. The Morgan fingerprint density at radius 2 is 1.10 bits per heavy atom. The van der Waals surface area contributed by atoms with E-state index in [-0.39, 0.29) is 54.9 Å². The van der Waals surface area contributed by atoms with Crippen LogP contribution in [0.1, 0.15) is 17.3 Å². The first-order valence-electron chi connectivity index (χ1n) is 8.55. The molecule has 0 heterocycles. The molecule has 0 saturated heterocycles. The Morgan fingerprint density at radius 1 is 0.724 bits per heavy atom. The Morgan fingerprint density at radius 3 is 1.52 bits per heavy atom. The summed E-state index contributed by atoms with van der Waals surface area (Å²) in [5.41, 5.74) is 3.27. The molecule has 0 bridgehead atoms. The normalized spacial score (nSPS) is 12.0. The molecular formula is C23H17EuF3O2. The Balaban J connectivity index is 0.00000300. The molecule has 149 valence electrons. The maximum absolute atomic E-state index is 12.6. The quantitative estimate of drug-likeness (QED) is 0.233. The van der Waals surface area contributed by atoms with Gasteiger partial charge in [0.1, 0.15) is 0 Å². The second-order valence-corrected chi connectivity index (χ2v) is 6.32. The molecule has 3 rings (SSSR count). The monoisotopic (exact) mass is 535 g/mol. The SMILES string of the molecule is C/C(C(=O)c1ccc(-c2ccc(-c3ccccc3)cc2)cc1)=C(/O)C(F)(F)F.[Eu]. The Kier molecular flexibility index (Phi) is 7.97. The number of alkyl halides is 3. The average Bonchev–Trinajstić information content (AvgIpc) is 2.72. The molecule has 0 aliphatic heterocycles. The van der Waals surface area contributed by atoms with Gasteiger partial charge in [0.05, 0.1) is 0 Å². The molecule has 6 heteroatoms. The van der Waals surface area contributed by atoms with Gasteiger partial charge in [-0.15, -0.1) is 0 Å². The van der Waals surface area contributed by atoms with Crippen molar-refractivity contribution in [3.63, 3.8) is 0 Å². The molecule has 2 nitrogen and oxygen atoms in total. The van der Waals surface area contributed by atoms with Gasteiger partial charge in [-0.25, -0.2) is 0 Å². The molecular weight excluding hydrogens is 517 g/mol. The smallest absolute Gasteiger partial charge is 0.449 e. The van der Waals surface area contributed by atoms with Crippen LogP contribution in [0.15, 0.2) is 90.2 Å². The molecule has 3 aromatic rings. The number of halogens is 3. The first-order chi connectivity index (χ1) is 13.3. The fourth-order valence-corrected chi connectivity index (χ4v) is 2.84. The molecule has 0 aliphatic rings. The zero-order chi connectivity index (χ0) is 20.3. The number of allylic oxidation sites excluding steroid dienone is 2. The molecule has 0 spiro atoms. The molecule has 29 heavy (non-hydrogen) atoms. The number of hydrogen-bond acceptors (Lipinski definition) is 2. The maximum atomic E-state index is 12.6. The number of aliphatic hydroxyl groups excluding tert-OH is 1. The summed E-state index contributed by atoms with van der Waals surface area (Å²) in [5.74, 6) is -2.72. The van der Waals surface area contributed by atoms with Crippen LogP contribution >= 0.6 is 0 Å². The van der Waals surface area contributed by atoms with Crippen molar-refractivity contribution in [1.29, 1.82) is 0 Å². The first-order valence-corrected chi connectivity index (χ1v) is 8.55. The van der Waals surface area contributed by atoms with Crippen molar-refractivity contribution >= 4 is 5.78 Å². The van der Waals surface area contributed by atoms with E-state index in [0.717, 1.165) is 29.2 Å². The fourth-order valence-electron chi connectivity index (χ4n) is 2.84. The van der Waals surface area contributed by atoms with Gasteiger partial charge >= 0.3 is 6.18 Å². The van der Waals surface area contributed by atoms with Gasteiger partial charge in [0.15, 0.2) is 5.78 Å². The van der Waals surface area contributed by atoms with Crippen LogP contribution in [0.25, 0.3) is 22.3 Å². The molecule has 0 fully saturated rings. The first kappa shape index (κ1) is 23.5. The van der Waals surface area contributed by atoms with Crippen LogP contribution < -0.4 is 0 Å². The summed E-state index contributed by atoms with van der Waals surface area (Å²) in [7, 11) is 0. The van der Waals surface area contributed by atoms with E-state index in [1.807, 2.05) is 54.6 Å². The number of carbonyl (C=O) groups excluding carboxylic acids is 1. The minimum absolute atomic E-state index is 0. The van der Waals surface area contributed by atoms with Crippen molar-refractivity contribution in [2.24, 2.45) is 0 Å². The number of benzene rings is 3. The summed E-state index contributed by atoms with van der Waals surface area (Å²) in [4.78, 5) is 12.2. The molecule has 0 unspecified atom stereocenters. The predicted molar refractivity (Wildman–Crippen MR) is 103 cm³/mol. The van der Waals surface area contributed by atoms with E-state index in [1.165, 1.54) is 12.1 Å². The summed E-state index contributed by atoms with van der Waals surface area (Å²) in [6.07, 6.45) is -4.94. The molecule has 0 aliphatic carbocycles. The molecule has 3 aromatic carbocycles. The molecule has 0 amide bonds. The molecule has 0 atom stereocenters. The van der Waals surface area contributed by atoms with Crippen LogP contribution in [-0.2, 0) is 0 Å². The van der Waals surface area contributed by atoms with Crippen molar-refractivity contribution in [1.82, 2.24) is 0 Å². The standard InChI is InChI=1S/C23H17F3O2.Eu/c1-15(22(28)23(24,25)26)21(27)20-13-11-19(12-14-20)18-9-7-17(8-10-18)16-5-3-2-4-6-16;/h2-14,28H,1H3;/b22-15-;. The zero-order valence-corrected chi connectivity index (χ0v) is 17.8. The largest absolute Gasteiger partial charge is 0.504 e. The van der Waals surface area contributed by atoms with Crippen LogP contribution in [-0.4, -0.2) is 17.1 Å². The predicted octanol–water partition coefficient (Wildman–Crippen LogP) is 6.60. The van der Waals surface area contributed by atoms with Gasteiger partial charge in [0.25, 0.3) is 0 Å². The van der Waals surface area contributed by atoms with Gasteiger partial charge in [0, 0.05) is 60.5 Å². The number of Topliss-reactive ketones (excluding diaryl/α,β-unsaturated/α-hetero) is 1. The van der Waals surface area contributed by atoms with E-state index >= 15 is 0 Å². The maximum Gasteiger partial charge on any atom is 0.449 e. The van der Waals surface area contributed by atoms with Crippen LogP contribution in [0.2, 0.25) is 0 Å². The minimum atomic E-state index is -4.94. The second kappa shape index (κ2) is 9.83. The van der Waals surface area contributed by atoms with Gasteiger partial charge in [-0.2, -0.15) is 13.2 Å². The number of ketones is 1. The Hall–Kier alpha value is -1.76. The Bertz CT molecular complexity index is 1010. The van der Waals surface area contributed by atoms with Gasteiger partial charge in [-0.05, 0) is 29.2 Å². The summed E-state index contributed by atoms with van der Waals surface area (Å²) in [6, 6.07) is 24.0. The third kappa shape index (κ3) is 5.65. The van der Waals surface area contributed by atoms with Crippen molar-refractivity contribution < 1.29 is 72.4 Å². The zero-order valence-electron chi connectivity index (χ0n) is 15.4. The van der Waals surface area contributed by atoms with Gasteiger partial charge in [-0.3, -0.25) is 4.79 Å². The molecule has 1 radical (unpaired) electrons. The number of hydrogen-bond donors (Lipinski definition) is 1. The second-order valence-electron chi connectivity index (χ2n) is 6.32. The van der Waals surface area contributed by atoms with E-state index in [1.54, 1.807) is 12.1 Å². The summed E-state index contributed by atoms with van der Waals surface area (Å²) < 4.78 is 37.7. The minimum Gasteiger partial charge on any atom is -0.504 e. The summed E-state index contributed by atoms with van der Waals surface area (Å²) in [6.45, 7) is 0.960. The third-order valence-electron chi connectivity index (χ3n) is 4.44. The van der Waals surface area contributed by atoms with Gasteiger partial charge < -0.3 is 5.11 Å². The topological polar surface area (TPSA) is 37.3 Å². The molecule has 0 aromatic heterocycles. The van der Waals surface area contributed by atoms with Crippen LogP contribution in [0.5, 0.6) is 0 Å². The van der Waals surface area contributed by atoms with Crippen molar-refractivity contribution in [2.75, 3.05) is 0 Å². The molecule has 1 N–H and O–H groups in total. The summed E-state index contributed by atoms with van der Waals surface area (Å²) in [5, 5.41) is 9.17. The van der Waals surface area contributed by atoms with Crippen molar-refractivity contribution in [3.8, 4) is 22.3 Å². The number of aliphatic hydroxyl groups is 1.